The first-order valence-electron chi connectivity index (χ1n) is 20.8. The number of carbonyl (C=O) groups is 4. The van der Waals surface area contributed by atoms with E-state index in [4.69, 9.17) is 18.2 Å². The van der Waals surface area contributed by atoms with E-state index in [1.54, 1.807) is 0 Å². The van der Waals surface area contributed by atoms with Gasteiger partial charge in [-0.05, 0) is 87.3 Å². The van der Waals surface area contributed by atoms with Crippen LogP contribution in [0.25, 0.3) is 4.85 Å². The van der Waals surface area contributed by atoms with Crippen LogP contribution < -0.4 is 20.0 Å². The van der Waals surface area contributed by atoms with Crippen molar-refractivity contribution in [2.45, 2.75) is 76.5 Å². The second-order valence-electron chi connectivity index (χ2n) is 17.1. The molecule has 308 valence electrons. The maximum absolute atomic E-state index is 15.5. The number of halogens is 2. The quantitative estimate of drug-likeness (QED) is 0.258. The molecule has 5 saturated heterocycles. The predicted octanol–water partition coefficient (Wildman–Crippen LogP) is 4.89. The van der Waals surface area contributed by atoms with E-state index in [0.717, 1.165) is 113 Å². The standard InChI is InChI=1S/C43H48ClFN10O4/c1-27-24-43(26-54(27)30-4-5-35(46-2)33(44)21-30)11-15-53(16-12-43)38-7-3-28(48-49-38)25-50-13-9-29(10-14-50)51-17-19-52(20-18-51)37-23-32-31(22-34(37)45)41(58)55(42(32)59)36-6-8-39(56)47-40(36)57/h3-5,7,21-23,27,29,36H,6,8-20,24-26H2,1H3,(H,47,56,57)/t27-,36?/m0/s1. The Morgan fingerprint density at radius 1 is 0.881 bits per heavy atom. The molecular formula is C43H48ClFN10O4. The number of aromatic nitrogens is 2. The second kappa shape index (κ2) is 15.8. The molecule has 0 aliphatic carbocycles. The summed E-state index contributed by atoms with van der Waals surface area (Å²) in [4.78, 5) is 66.6. The van der Waals surface area contributed by atoms with Crippen LogP contribution in [0.3, 0.4) is 0 Å². The molecule has 7 heterocycles. The fourth-order valence-electron chi connectivity index (χ4n) is 10.3. The SMILES string of the molecule is [C-]#[N+]c1ccc(N2CC3(CCN(c4ccc(CN5CCC(N6CCN(c7cc8c(cc7F)C(=O)N(C7CCC(=O)NC7=O)C8=O)CC6)CC5)nn4)CC3)C[C@@H]2C)cc1Cl. The van der Waals surface area contributed by atoms with Gasteiger partial charge in [0.15, 0.2) is 5.82 Å². The number of benzene rings is 2. The highest BCUT2D eigenvalue weighted by atomic mass is 35.5. The molecule has 59 heavy (non-hydrogen) atoms. The van der Waals surface area contributed by atoms with Crippen LogP contribution in [0, 0.1) is 17.8 Å². The number of piperidine rings is 3. The van der Waals surface area contributed by atoms with Crippen molar-refractivity contribution in [2.75, 3.05) is 73.6 Å². The number of amides is 4. The van der Waals surface area contributed by atoms with Gasteiger partial charge in [-0.2, -0.15) is 5.10 Å². The number of piperazine rings is 1. The molecule has 2 atom stereocenters. The molecule has 1 unspecified atom stereocenters. The number of nitrogens with one attached hydrogen (secondary N) is 1. The van der Waals surface area contributed by atoms with Gasteiger partial charge in [-0.25, -0.2) is 9.24 Å². The molecule has 1 N–H and O–H groups in total. The number of likely N-dealkylation sites (tertiary alicyclic amines) is 1. The van der Waals surface area contributed by atoms with Crippen LogP contribution in [0.5, 0.6) is 0 Å². The fraction of sp³-hybridized carbons (Fsp3) is 0.512. The normalized spacial score (nSPS) is 24.2. The van der Waals surface area contributed by atoms with E-state index >= 15 is 4.39 Å². The van der Waals surface area contributed by atoms with Crippen molar-refractivity contribution < 1.29 is 23.6 Å². The molecule has 6 aliphatic rings. The monoisotopic (exact) mass is 822 g/mol. The molecule has 0 bridgehead atoms. The number of fused-ring (bicyclic) bond motifs is 1. The van der Waals surface area contributed by atoms with Gasteiger partial charge in [0.2, 0.25) is 17.5 Å². The van der Waals surface area contributed by atoms with Gasteiger partial charge in [0, 0.05) is 94.7 Å². The van der Waals surface area contributed by atoms with E-state index < -0.39 is 35.5 Å². The van der Waals surface area contributed by atoms with Gasteiger partial charge in [0.1, 0.15) is 11.9 Å². The number of anilines is 3. The lowest BCUT2D eigenvalue weighted by Crippen LogP contribution is -2.54. The van der Waals surface area contributed by atoms with Crippen molar-refractivity contribution in [3.05, 3.63) is 81.5 Å². The summed E-state index contributed by atoms with van der Waals surface area (Å²) < 4.78 is 15.5. The summed E-state index contributed by atoms with van der Waals surface area (Å²) in [6, 6.07) is 12.3. The van der Waals surface area contributed by atoms with E-state index in [0.29, 0.717) is 35.9 Å². The summed E-state index contributed by atoms with van der Waals surface area (Å²) in [5.41, 5.74) is 3.12. The molecule has 5 fully saturated rings. The molecule has 1 aromatic heterocycles. The molecule has 6 aliphatic heterocycles. The number of carbonyl (C=O) groups excluding carboxylic acids is 4. The molecule has 2 aromatic carbocycles. The Balaban J connectivity index is 0.730. The van der Waals surface area contributed by atoms with Crippen LogP contribution in [0.1, 0.15) is 78.3 Å². The molecular weight excluding hydrogens is 775 g/mol. The second-order valence-corrected chi connectivity index (χ2v) is 17.5. The third-order valence-corrected chi connectivity index (χ3v) is 13.9. The largest absolute Gasteiger partial charge is 0.368 e. The Morgan fingerprint density at radius 3 is 2.27 bits per heavy atom. The first kappa shape index (κ1) is 39.3. The summed E-state index contributed by atoms with van der Waals surface area (Å²) in [5.74, 6) is -2.12. The Labute approximate surface area is 348 Å². The van der Waals surface area contributed by atoms with Crippen molar-refractivity contribution in [1.29, 1.82) is 0 Å². The van der Waals surface area contributed by atoms with Crippen LogP contribution in [0.2, 0.25) is 5.02 Å². The fourth-order valence-corrected chi connectivity index (χ4v) is 10.5. The van der Waals surface area contributed by atoms with Crippen LogP contribution in [-0.4, -0.2) is 126 Å². The molecule has 0 saturated carbocycles. The summed E-state index contributed by atoms with van der Waals surface area (Å²) in [6.45, 7) is 17.8. The van der Waals surface area contributed by atoms with Gasteiger partial charge in [0.25, 0.3) is 11.8 Å². The van der Waals surface area contributed by atoms with Crippen LogP contribution >= 0.6 is 11.6 Å². The van der Waals surface area contributed by atoms with Crippen molar-refractivity contribution in [1.82, 2.24) is 30.2 Å². The van der Waals surface area contributed by atoms with Gasteiger partial charge in [-0.3, -0.25) is 39.2 Å². The number of rotatable bonds is 7. The summed E-state index contributed by atoms with van der Waals surface area (Å²) in [5, 5.41) is 12.0. The number of hydrogen-bond donors (Lipinski definition) is 1. The number of hydrogen-bond acceptors (Lipinski definition) is 11. The van der Waals surface area contributed by atoms with Gasteiger partial charge >= 0.3 is 0 Å². The lowest BCUT2D eigenvalue weighted by molar-refractivity contribution is -0.136. The predicted molar refractivity (Wildman–Crippen MR) is 220 cm³/mol. The molecule has 1 spiro atoms. The number of imide groups is 2. The Kier molecular flexibility index (Phi) is 10.5. The minimum Gasteiger partial charge on any atom is -0.368 e. The first-order chi connectivity index (χ1) is 28.5. The zero-order chi connectivity index (χ0) is 41.0. The molecule has 16 heteroatoms. The minimum absolute atomic E-state index is 0.0255. The van der Waals surface area contributed by atoms with Crippen molar-refractivity contribution in [2.24, 2.45) is 5.41 Å². The van der Waals surface area contributed by atoms with Gasteiger partial charge in [-0.15, -0.1) is 5.10 Å². The highest BCUT2D eigenvalue weighted by molar-refractivity contribution is 6.33. The Bertz CT molecular complexity index is 2210. The lowest BCUT2D eigenvalue weighted by atomic mass is 9.77. The van der Waals surface area contributed by atoms with E-state index in [9.17, 15) is 19.2 Å². The van der Waals surface area contributed by atoms with E-state index in [-0.39, 0.29) is 35.1 Å². The van der Waals surface area contributed by atoms with Gasteiger partial charge < -0.3 is 14.7 Å². The average Bonchev–Trinajstić information content (AvgIpc) is 3.68. The van der Waals surface area contributed by atoms with Crippen LogP contribution in [-0.2, 0) is 16.1 Å². The first-order valence-corrected chi connectivity index (χ1v) is 21.1. The lowest BCUT2D eigenvalue weighted by Gasteiger charge is -2.43. The van der Waals surface area contributed by atoms with E-state index in [1.807, 2.05) is 23.1 Å². The zero-order valence-electron chi connectivity index (χ0n) is 33.2. The molecule has 3 aromatic rings. The minimum atomic E-state index is -1.09. The Morgan fingerprint density at radius 2 is 1.61 bits per heavy atom. The maximum Gasteiger partial charge on any atom is 0.262 e. The third-order valence-electron chi connectivity index (χ3n) is 13.6. The highest BCUT2D eigenvalue weighted by Gasteiger charge is 2.46. The van der Waals surface area contributed by atoms with Crippen molar-refractivity contribution >= 4 is 58.1 Å². The van der Waals surface area contributed by atoms with Crippen molar-refractivity contribution in [3.63, 3.8) is 0 Å². The average molecular weight is 823 g/mol. The Hall–Kier alpha value is -5.17. The molecule has 9 rings (SSSR count). The smallest absolute Gasteiger partial charge is 0.262 e. The summed E-state index contributed by atoms with van der Waals surface area (Å²) in [7, 11) is 0. The van der Waals surface area contributed by atoms with Crippen molar-refractivity contribution in [3.8, 4) is 0 Å². The number of nitrogens with zero attached hydrogens (tertiary/aromatic N) is 9. The highest BCUT2D eigenvalue weighted by Crippen LogP contribution is 2.46. The maximum atomic E-state index is 15.5. The topological polar surface area (TPSA) is 130 Å². The van der Waals surface area contributed by atoms with E-state index in [1.165, 1.54) is 6.07 Å². The van der Waals surface area contributed by atoms with Gasteiger partial charge in [0.05, 0.1) is 29.1 Å². The van der Waals surface area contributed by atoms with Crippen LogP contribution in [0.15, 0.2) is 42.5 Å². The van der Waals surface area contributed by atoms with E-state index in [2.05, 4.69) is 59.0 Å². The molecule has 14 nitrogen and oxygen atoms in total. The summed E-state index contributed by atoms with van der Waals surface area (Å²) >= 11 is 6.38. The zero-order valence-corrected chi connectivity index (χ0v) is 34.0. The van der Waals surface area contributed by atoms with Crippen LogP contribution in [0.4, 0.5) is 27.3 Å². The molecule has 4 amide bonds. The molecule has 0 radical (unpaired) electrons. The third kappa shape index (κ3) is 7.51. The van der Waals surface area contributed by atoms with Gasteiger partial charge in [-0.1, -0.05) is 17.7 Å². The summed E-state index contributed by atoms with van der Waals surface area (Å²) in [6.07, 6.45) is 5.45.